The Morgan fingerprint density at radius 2 is 1.58 bits per heavy atom. The zero-order valence-corrected chi connectivity index (χ0v) is 6.29. The second-order valence-electron chi connectivity index (χ2n) is 2.30. The van der Waals surface area contributed by atoms with Crippen LogP contribution < -0.4 is 0 Å². The minimum atomic E-state index is -1.86. The van der Waals surface area contributed by atoms with Gasteiger partial charge in [-0.2, -0.15) is 0 Å². The molecular weight excluding hydrogens is 171 g/mol. The van der Waals surface area contributed by atoms with Gasteiger partial charge in [0.25, 0.3) is 0 Å². The number of aliphatic hydroxyl groups excluding tert-OH is 5. The molecule has 0 radical (unpaired) electrons. The summed E-state index contributed by atoms with van der Waals surface area (Å²) in [5, 5.41) is 42.9. The highest BCUT2D eigenvalue weighted by Gasteiger charge is 2.28. The fourth-order valence-electron chi connectivity index (χ4n) is 0.577. The second-order valence-corrected chi connectivity index (χ2v) is 2.30. The highest BCUT2D eigenvalue weighted by molar-refractivity contribution is 5.87. The zero-order chi connectivity index (χ0) is 9.72. The predicted molar refractivity (Wildman–Crippen MR) is 37.2 cm³/mol. The molecule has 0 aromatic rings. The van der Waals surface area contributed by atoms with Gasteiger partial charge in [0.15, 0.2) is 5.78 Å². The van der Waals surface area contributed by atoms with Gasteiger partial charge in [-0.3, -0.25) is 4.79 Å². The van der Waals surface area contributed by atoms with Crippen LogP contribution in [0.1, 0.15) is 0 Å². The molecule has 0 heterocycles. The first-order chi connectivity index (χ1) is 5.54. The first-order valence-corrected chi connectivity index (χ1v) is 3.34. The van der Waals surface area contributed by atoms with Gasteiger partial charge < -0.3 is 25.5 Å². The van der Waals surface area contributed by atoms with E-state index in [1.54, 1.807) is 0 Å². The van der Waals surface area contributed by atoms with E-state index in [-0.39, 0.29) is 0 Å². The predicted octanol–water partition coefficient (Wildman–Crippen LogP) is -3.38. The molecule has 5 N–H and O–H groups in total. The van der Waals surface area contributed by atoms with E-state index in [1.807, 2.05) is 0 Å². The van der Waals surface area contributed by atoms with Crippen LogP contribution in [0.15, 0.2) is 0 Å². The van der Waals surface area contributed by atoms with Crippen molar-refractivity contribution in [1.82, 2.24) is 0 Å². The number of ketones is 1. The summed E-state index contributed by atoms with van der Waals surface area (Å²) >= 11 is 0. The molecule has 0 rings (SSSR count). The quantitative estimate of drug-likeness (QED) is 0.284. The van der Waals surface area contributed by atoms with Crippen LogP contribution in [-0.2, 0) is 4.79 Å². The molecule has 0 bridgehead atoms. The molecule has 6 heteroatoms. The molecule has 72 valence electrons. The van der Waals surface area contributed by atoms with E-state index in [0.717, 1.165) is 0 Å². The molecule has 12 heavy (non-hydrogen) atoms. The van der Waals surface area contributed by atoms with Crippen molar-refractivity contribution in [2.24, 2.45) is 0 Å². The number of carbonyl (C=O) groups is 1. The molecule has 0 aliphatic rings. The molecule has 0 fully saturated rings. The van der Waals surface area contributed by atoms with Gasteiger partial charge in [-0.05, 0) is 0 Å². The maximum absolute atomic E-state index is 10.7. The molecule has 0 saturated carbocycles. The van der Waals surface area contributed by atoms with Crippen molar-refractivity contribution in [2.45, 2.75) is 18.3 Å². The summed E-state index contributed by atoms with van der Waals surface area (Å²) in [6.07, 6.45) is -5.21. The van der Waals surface area contributed by atoms with Crippen molar-refractivity contribution in [3.63, 3.8) is 0 Å². The van der Waals surface area contributed by atoms with Gasteiger partial charge in [0.05, 0.1) is 13.2 Å². The van der Waals surface area contributed by atoms with Crippen LogP contribution in [0.3, 0.4) is 0 Å². The smallest absolute Gasteiger partial charge is 0.194 e. The number of rotatable bonds is 5. The van der Waals surface area contributed by atoms with E-state index in [1.165, 1.54) is 0 Å². The SMILES string of the molecule is O=[13C]([C@H](O)[C@H](O)CO)[13C@@H](O)[13CH2]O. The lowest BCUT2D eigenvalue weighted by Gasteiger charge is -2.16. The van der Waals surface area contributed by atoms with Crippen LogP contribution >= 0.6 is 0 Å². The largest absolute Gasteiger partial charge is 0.394 e. The van der Waals surface area contributed by atoms with Gasteiger partial charge in [-0.1, -0.05) is 0 Å². The molecule has 0 aromatic carbocycles. The summed E-state index contributed by atoms with van der Waals surface area (Å²) in [5.74, 6) is -1.11. The highest BCUT2D eigenvalue weighted by atomic mass is 16.5. The van der Waals surface area contributed by atoms with Gasteiger partial charge >= 0.3 is 0 Å². The minimum Gasteiger partial charge on any atom is -0.394 e. The maximum Gasteiger partial charge on any atom is 0.194 e. The van der Waals surface area contributed by atoms with Crippen molar-refractivity contribution in [1.29, 1.82) is 0 Å². The number of Topliss-reactive ketones (excluding diaryl/α,β-unsaturated/α-hetero) is 1. The first-order valence-electron chi connectivity index (χ1n) is 3.34. The Balaban J connectivity index is 4.09. The number of hydrogen-bond donors (Lipinski definition) is 5. The van der Waals surface area contributed by atoms with Crippen LogP contribution in [0.25, 0.3) is 0 Å². The van der Waals surface area contributed by atoms with Crippen molar-refractivity contribution >= 4 is 5.78 Å². The molecule has 6 nitrogen and oxygen atoms in total. The lowest BCUT2D eigenvalue weighted by atomic mass is 10.3. The van der Waals surface area contributed by atoms with Crippen LogP contribution in [0.4, 0.5) is 0 Å². The molecule has 0 aliphatic carbocycles. The molecule has 0 aliphatic heterocycles. The summed E-state index contributed by atoms with van der Waals surface area (Å²) in [7, 11) is 0. The Bertz CT molecular complexity index is 147. The molecular formula is C6H12O6. The summed E-state index contributed by atoms with van der Waals surface area (Å²) in [5.41, 5.74) is 0. The Morgan fingerprint density at radius 3 is 1.92 bits per heavy atom. The van der Waals surface area contributed by atoms with Crippen LogP contribution in [-0.4, -0.2) is 62.8 Å². The molecule has 0 spiro atoms. The average Bonchev–Trinajstić information content (AvgIpc) is 2.12. The van der Waals surface area contributed by atoms with Crippen molar-refractivity contribution in [3.8, 4) is 0 Å². The lowest BCUT2D eigenvalue weighted by molar-refractivity contribution is -0.144. The van der Waals surface area contributed by atoms with Crippen LogP contribution in [0.2, 0.25) is 0 Å². The molecule has 0 unspecified atom stereocenters. The fraction of sp³-hybridized carbons (Fsp3) is 0.833. The second kappa shape index (κ2) is 5.18. The van der Waals surface area contributed by atoms with Crippen molar-refractivity contribution in [3.05, 3.63) is 0 Å². The van der Waals surface area contributed by atoms with Crippen molar-refractivity contribution < 1.29 is 30.3 Å². The third kappa shape index (κ3) is 2.84. The number of hydrogen-bond acceptors (Lipinski definition) is 6. The monoisotopic (exact) mass is 183 g/mol. The molecule has 0 saturated heterocycles. The lowest BCUT2D eigenvalue weighted by Crippen LogP contribution is -2.43. The Labute approximate surface area is 68.7 Å². The molecule has 0 aromatic heterocycles. The van der Waals surface area contributed by atoms with E-state index in [0.29, 0.717) is 0 Å². The van der Waals surface area contributed by atoms with Gasteiger partial charge in [0.2, 0.25) is 0 Å². The Hall–Kier alpha value is -0.530. The van der Waals surface area contributed by atoms with E-state index in [2.05, 4.69) is 0 Å². The normalized spacial score (nSPS) is 18.4. The van der Waals surface area contributed by atoms with Crippen molar-refractivity contribution in [2.75, 3.05) is 13.2 Å². The van der Waals surface area contributed by atoms with Gasteiger partial charge in [0, 0.05) is 0 Å². The summed E-state index contributed by atoms with van der Waals surface area (Å²) in [6, 6.07) is 0. The molecule has 3 atom stereocenters. The van der Waals surface area contributed by atoms with E-state index in [9.17, 15) is 4.79 Å². The number of carbonyl (C=O) groups excluding carboxylic acids is 1. The summed E-state index contributed by atoms with van der Waals surface area (Å²) in [4.78, 5) is 10.7. The molecule has 0 amide bonds. The van der Waals surface area contributed by atoms with Crippen LogP contribution in [0, 0.1) is 0 Å². The maximum atomic E-state index is 10.7. The van der Waals surface area contributed by atoms with E-state index < -0.39 is 37.3 Å². The topological polar surface area (TPSA) is 118 Å². The van der Waals surface area contributed by atoms with E-state index in [4.69, 9.17) is 25.5 Å². The third-order valence-corrected chi connectivity index (χ3v) is 1.34. The third-order valence-electron chi connectivity index (χ3n) is 1.34. The Morgan fingerprint density at radius 1 is 1.08 bits per heavy atom. The van der Waals surface area contributed by atoms with Gasteiger partial charge in [0.1, 0.15) is 18.3 Å². The standard InChI is InChI=1S/C6H12O6/c7-1-3(9)5(11)6(12)4(10)2-8/h3-5,7-11H,1-2H2/t3-,4+,5-/m1/s1/i2+1,4+1,6+1. The van der Waals surface area contributed by atoms with Gasteiger partial charge in [-0.15, -0.1) is 0 Å². The van der Waals surface area contributed by atoms with E-state index >= 15 is 0 Å². The average molecular weight is 183 g/mol. The Kier molecular flexibility index (Phi) is 4.95. The first kappa shape index (κ1) is 11.5. The highest BCUT2D eigenvalue weighted by Crippen LogP contribution is 1.98. The van der Waals surface area contributed by atoms with Gasteiger partial charge in [-0.25, -0.2) is 0 Å². The number of aliphatic hydroxyl groups is 5. The van der Waals surface area contributed by atoms with Crippen LogP contribution in [0.5, 0.6) is 0 Å². The fourth-order valence-corrected chi connectivity index (χ4v) is 0.577. The minimum absolute atomic E-state index is 0.787. The summed E-state index contributed by atoms with van der Waals surface area (Å²) in [6.45, 7) is -1.61. The zero-order valence-electron chi connectivity index (χ0n) is 6.29. The summed E-state index contributed by atoms with van der Waals surface area (Å²) < 4.78 is 0.